The van der Waals surface area contributed by atoms with Crippen LogP contribution in [0.3, 0.4) is 0 Å². The fourth-order valence-electron chi connectivity index (χ4n) is 4.32. The van der Waals surface area contributed by atoms with Crippen molar-refractivity contribution in [3.05, 3.63) is 32.7 Å². The minimum Gasteiger partial charge on any atom is -0.480 e. The van der Waals surface area contributed by atoms with E-state index in [1.807, 2.05) is 17.9 Å². The first kappa shape index (κ1) is 24.1. The summed E-state index contributed by atoms with van der Waals surface area (Å²) in [4.78, 5) is 27.1. The number of fused-ring (bicyclic) bond motifs is 2. The van der Waals surface area contributed by atoms with E-state index in [1.165, 1.54) is 15.1 Å². The topological polar surface area (TPSA) is 116 Å². The summed E-state index contributed by atoms with van der Waals surface area (Å²) in [5, 5.41) is 16.8. The number of piperidine rings is 1. The number of carboxylic acids is 1. The van der Waals surface area contributed by atoms with Gasteiger partial charge in [-0.1, -0.05) is 16.8 Å². The maximum Gasteiger partial charge on any atom is 0.329 e. The third kappa shape index (κ3) is 5.38. The smallest absolute Gasteiger partial charge is 0.329 e. The summed E-state index contributed by atoms with van der Waals surface area (Å²) >= 11 is 7.85. The first-order valence-electron chi connectivity index (χ1n) is 10.9. The molecule has 1 saturated heterocycles. The second kappa shape index (κ2) is 10.5. The maximum absolute atomic E-state index is 13.4. The molecule has 2 aromatic rings. The molecule has 4 rings (SSSR count). The van der Waals surface area contributed by atoms with E-state index in [2.05, 4.69) is 10.3 Å². The van der Waals surface area contributed by atoms with E-state index in [9.17, 15) is 9.59 Å². The molecule has 0 saturated carbocycles. The normalized spacial score (nSPS) is 18.3. The van der Waals surface area contributed by atoms with Crippen LogP contribution < -0.4 is 0 Å². The fourth-order valence-corrected chi connectivity index (χ4v) is 5.82. The number of carbonyl (C=O) groups is 2. The van der Waals surface area contributed by atoms with Crippen molar-refractivity contribution >= 4 is 34.8 Å². The van der Waals surface area contributed by atoms with Crippen molar-refractivity contribution in [1.29, 1.82) is 0 Å². The highest BCUT2D eigenvalue weighted by Gasteiger charge is 2.44. The average Bonchev–Trinajstić information content (AvgIpc) is 3.41. The van der Waals surface area contributed by atoms with Crippen molar-refractivity contribution in [2.75, 3.05) is 39.5 Å². The van der Waals surface area contributed by atoms with Crippen LogP contribution in [0.2, 0.25) is 4.34 Å². The summed E-state index contributed by atoms with van der Waals surface area (Å²) in [5.74, 6) is -1.16. The molecular weight excluding hydrogens is 472 g/mol. The molecule has 4 heterocycles. The van der Waals surface area contributed by atoms with Gasteiger partial charge >= 0.3 is 5.97 Å². The predicted molar refractivity (Wildman–Crippen MR) is 119 cm³/mol. The van der Waals surface area contributed by atoms with Crippen LogP contribution in [0.25, 0.3) is 0 Å². The van der Waals surface area contributed by atoms with Gasteiger partial charge < -0.3 is 24.2 Å². The van der Waals surface area contributed by atoms with Crippen LogP contribution in [0.1, 0.15) is 41.9 Å². The maximum atomic E-state index is 13.4. The monoisotopic (exact) mass is 498 g/mol. The molecule has 2 aliphatic heterocycles. The molecule has 0 bridgehead atoms. The standard InChI is InChI=1S/C21H27ClN4O6S/c1-2-30-12-16(26-10-15(23-24-26)11-31-13-18(27)28)20(29)25-6-4-21(5-7-25)19-14(3-8-32-21)9-17(22)33-19/h9-10,16H,2-8,11-13H2,1H3,(H,27,28). The van der Waals surface area contributed by atoms with Crippen LogP contribution in [0, 0.1) is 0 Å². The molecule has 2 aliphatic rings. The van der Waals surface area contributed by atoms with Crippen molar-refractivity contribution in [3.63, 3.8) is 0 Å². The summed E-state index contributed by atoms with van der Waals surface area (Å²) in [6.45, 7) is 3.83. The van der Waals surface area contributed by atoms with Crippen molar-refractivity contribution in [2.24, 2.45) is 0 Å². The predicted octanol–water partition coefficient (Wildman–Crippen LogP) is 2.26. The van der Waals surface area contributed by atoms with Crippen LogP contribution in [-0.2, 0) is 42.4 Å². The van der Waals surface area contributed by atoms with Crippen molar-refractivity contribution in [3.8, 4) is 0 Å². The molecule has 1 N–H and O–H groups in total. The number of carbonyl (C=O) groups excluding carboxylic acids is 1. The molecule has 10 nitrogen and oxygen atoms in total. The number of aromatic nitrogens is 3. The van der Waals surface area contributed by atoms with E-state index >= 15 is 0 Å². The molecule has 0 radical (unpaired) electrons. The summed E-state index contributed by atoms with van der Waals surface area (Å²) in [6, 6.07) is 1.36. The summed E-state index contributed by atoms with van der Waals surface area (Å²) in [7, 11) is 0. The molecule has 1 spiro atoms. The Kier molecular flexibility index (Phi) is 7.65. The van der Waals surface area contributed by atoms with Crippen molar-refractivity contribution in [2.45, 2.75) is 44.4 Å². The van der Waals surface area contributed by atoms with Crippen LogP contribution in [-0.4, -0.2) is 76.4 Å². The van der Waals surface area contributed by atoms with Gasteiger partial charge in [0.15, 0.2) is 6.04 Å². The van der Waals surface area contributed by atoms with E-state index < -0.39 is 18.6 Å². The Balaban J connectivity index is 1.43. The Morgan fingerprint density at radius 3 is 2.88 bits per heavy atom. The van der Waals surface area contributed by atoms with Gasteiger partial charge in [0, 0.05) is 24.6 Å². The Morgan fingerprint density at radius 2 is 2.15 bits per heavy atom. The third-order valence-electron chi connectivity index (χ3n) is 5.94. The SMILES string of the molecule is CCOCC(C(=O)N1CCC2(CC1)OCCc1cc(Cl)sc12)n1cc(COCC(=O)O)nn1. The second-order valence-electron chi connectivity index (χ2n) is 8.07. The highest BCUT2D eigenvalue weighted by atomic mass is 35.5. The zero-order valence-electron chi connectivity index (χ0n) is 18.4. The Bertz CT molecular complexity index is 987. The van der Waals surface area contributed by atoms with E-state index in [0.717, 1.165) is 10.8 Å². The van der Waals surface area contributed by atoms with Gasteiger partial charge in [0.2, 0.25) is 5.91 Å². The van der Waals surface area contributed by atoms with E-state index in [-0.39, 0.29) is 24.7 Å². The molecular formula is C21H27ClN4O6S. The van der Waals surface area contributed by atoms with E-state index in [1.54, 1.807) is 17.5 Å². The first-order chi connectivity index (χ1) is 15.9. The average molecular weight is 499 g/mol. The molecule has 2 aromatic heterocycles. The van der Waals surface area contributed by atoms with Gasteiger partial charge in [-0.25, -0.2) is 9.48 Å². The van der Waals surface area contributed by atoms with Crippen LogP contribution in [0.15, 0.2) is 12.3 Å². The van der Waals surface area contributed by atoms with Crippen LogP contribution >= 0.6 is 22.9 Å². The highest BCUT2D eigenvalue weighted by Crippen LogP contribution is 2.46. The Labute approximate surface area is 200 Å². The lowest BCUT2D eigenvalue weighted by atomic mass is 9.85. The molecule has 180 valence electrons. The minimum atomic E-state index is -1.06. The number of ether oxygens (including phenoxy) is 3. The number of hydrogen-bond donors (Lipinski definition) is 1. The number of thiophene rings is 1. The zero-order valence-corrected chi connectivity index (χ0v) is 19.9. The summed E-state index contributed by atoms with van der Waals surface area (Å²) < 4.78 is 19.1. The Hall–Kier alpha value is -2.05. The summed E-state index contributed by atoms with van der Waals surface area (Å²) in [5.41, 5.74) is 1.32. The zero-order chi connectivity index (χ0) is 23.4. The van der Waals surface area contributed by atoms with Gasteiger partial charge in [-0.05, 0) is 37.8 Å². The van der Waals surface area contributed by atoms with Gasteiger partial charge in [-0.3, -0.25) is 4.79 Å². The van der Waals surface area contributed by atoms with Gasteiger partial charge in [0.1, 0.15) is 17.9 Å². The summed E-state index contributed by atoms with van der Waals surface area (Å²) in [6.07, 6.45) is 3.87. The molecule has 1 amide bonds. The van der Waals surface area contributed by atoms with Crippen LogP contribution in [0.5, 0.6) is 0 Å². The minimum absolute atomic E-state index is 0.00285. The van der Waals surface area contributed by atoms with Gasteiger partial charge in [0.25, 0.3) is 0 Å². The van der Waals surface area contributed by atoms with Gasteiger partial charge in [0.05, 0.1) is 30.4 Å². The Morgan fingerprint density at radius 1 is 1.36 bits per heavy atom. The van der Waals surface area contributed by atoms with Gasteiger partial charge in [-0.2, -0.15) is 0 Å². The number of nitrogens with zero attached hydrogens (tertiary/aromatic N) is 4. The molecule has 1 atom stereocenters. The van der Waals surface area contributed by atoms with Crippen molar-refractivity contribution in [1.82, 2.24) is 19.9 Å². The molecule has 0 aliphatic carbocycles. The lowest BCUT2D eigenvalue weighted by Gasteiger charge is -2.44. The van der Waals surface area contributed by atoms with E-state index in [0.29, 0.717) is 44.8 Å². The molecule has 0 aromatic carbocycles. The number of carboxylic acid groups (broad SMARTS) is 1. The number of amides is 1. The second-order valence-corrected chi connectivity index (χ2v) is 9.76. The molecule has 1 unspecified atom stereocenters. The number of aliphatic carboxylic acids is 1. The largest absolute Gasteiger partial charge is 0.480 e. The lowest BCUT2D eigenvalue weighted by Crippen LogP contribution is -2.50. The third-order valence-corrected chi connectivity index (χ3v) is 7.43. The number of rotatable bonds is 9. The van der Waals surface area contributed by atoms with Crippen LogP contribution in [0.4, 0.5) is 0 Å². The lowest BCUT2D eigenvalue weighted by molar-refractivity contribution is -0.145. The van der Waals surface area contributed by atoms with Crippen molar-refractivity contribution < 1.29 is 28.9 Å². The van der Waals surface area contributed by atoms with Gasteiger partial charge in [-0.15, -0.1) is 16.4 Å². The quantitative estimate of drug-likeness (QED) is 0.559. The van der Waals surface area contributed by atoms with E-state index in [4.69, 9.17) is 30.9 Å². The number of halogens is 1. The number of hydrogen-bond acceptors (Lipinski definition) is 8. The molecule has 33 heavy (non-hydrogen) atoms. The fraction of sp³-hybridized carbons (Fsp3) is 0.619. The highest BCUT2D eigenvalue weighted by molar-refractivity contribution is 7.16. The molecule has 1 fully saturated rings. The molecule has 12 heteroatoms. The first-order valence-corrected chi connectivity index (χ1v) is 12.1. The number of likely N-dealkylation sites (tertiary alicyclic amines) is 1.